The largest absolute Gasteiger partial charge is 0.454 e. The number of Topliss-reactive ketones (excluding diaryl/α,β-unsaturated/α-hetero) is 1. The second-order valence-corrected chi connectivity index (χ2v) is 10.5. The van der Waals surface area contributed by atoms with Crippen molar-refractivity contribution < 1.29 is 23.9 Å². The van der Waals surface area contributed by atoms with E-state index in [1.165, 1.54) is 17.0 Å². The normalized spacial score (nSPS) is 30.5. The van der Waals surface area contributed by atoms with Crippen molar-refractivity contribution in [1.82, 2.24) is 0 Å². The van der Waals surface area contributed by atoms with Crippen molar-refractivity contribution in [2.45, 2.75) is 16.1 Å². The maximum atomic E-state index is 13.2. The Labute approximate surface area is 201 Å². The quantitative estimate of drug-likeness (QED) is 0.239. The van der Waals surface area contributed by atoms with E-state index in [1.807, 2.05) is 0 Å². The van der Waals surface area contributed by atoms with Crippen LogP contribution in [-0.4, -0.2) is 39.8 Å². The molecule has 3 fully saturated rings. The predicted molar refractivity (Wildman–Crippen MR) is 124 cm³/mol. The van der Waals surface area contributed by atoms with Crippen LogP contribution < -0.4 is 4.90 Å². The molecule has 2 amide bonds. The summed E-state index contributed by atoms with van der Waals surface area (Å²) in [6.07, 6.45) is 0.855. The van der Waals surface area contributed by atoms with Gasteiger partial charge in [-0.05, 0) is 36.5 Å². The summed E-state index contributed by atoms with van der Waals surface area (Å²) in [5.74, 6) is -1.83. The summed E-state index contributed by atoms with van der Waals surface area (Å²) in [5, 5.41) is 0. The van der Waals surface area contributed by atoms with Gasteiger partial charge in [-0.1, -0.05) is 68.3 Å². The van der Waals surface area contributed by atoms with Crippen molar-refractivity contribution in [2.75, 3.05) is 11.5 Å². The highest BCUT2D eigenvalue weighted by atomic mass is 79.9. The number of hydrogen-bond donors (Lipinski definition) is 0. The van der Waals surface area contributed by atoms with E-state index in [4.69, 9.17) is 4.74 Å². The fourth-order valence-corrected chi connectivity index (χ4v) is 7.17. The number of anilines is 1. The summed E-state index contributed by atoms with van der Waals surface area (Å²) >= 11 is 7.36. The van der Waals surface area contributed by atoms with Crippen LogP contribution >= 0.6 is 31.9 Å². The Morgan fingerprint density at radius 2 is 1.47 bits per heavy atom. The molecule has 6 atom stereocenters. The van der Waals surface area contributed by atoms with Crippen LogP contribution in [0.5, 0.6) is 0 Å². The van der Waals surface area contributed by atoms with Gasteiger partial charge in [0, 0.05) is 15.2 Å². The number of rotatable bonds is 5. The predicted octanol–water partition coefficient (Wildman–Crippen LogP) is 4.01. The number of carbonyl (C=O) groups excluding carboxylic acids is 4. The zero-order valence-corrected chi connectivity index (χ0v) is 20.0. The van der Waals surface area contributed by atoms with Crippen molar-refractivity contribution in [3.63, 3.8) is 0 Å². The number of fused-ring (bicyclic) bond motifs is 5. The van der Waals surface area contributed by atoms with Crippen molar-refractivity contribution >= 4 is 61.1 Å². The highest BCUT2D eigenvalue weighted by Crippen LogP contribution is 2.60. The number of amides is 2. The lowest BCUT2D eigenvalue weighted by Crippen LogP contribution is -2.37. The third-order valence-electron chi connectivity index (χ3n) is 6.76. The Morgan fingerprint density at radius 3 is 2.09 bits per heavy atom. The number of alkyl halides is 2. The molecule has 5 rings (SSSR count). The van der Waals surface area contributed by atoms with E-state index in [0.29, 0.717) is 11.3 Å². The minimum atomic E-state index is -0.684. The minimum absolute atomic E-state index is 0.118. The van der Waals surface area contributed by atoms with Gasteiger partial charge in [-0.25, -0.2) is 4.79 Å². The lowest BCUT2D eigenvalue weighted by atomic mass is 9.81. The van der Waals surface area contributed by atoms with Gasteiger partial charge in [0.2, 0.25) is 11.8 Å². The van der Waals surface area contributed by atoms with E-state index < -0.39 is 5.97 Å². The van der Waals surface area contributed by atoms with Gasteiger partial charge >= 0.3 is 5.97 Å². The number of ether oxygens (including phenoxy) is 1. The first-order chi connectivity index (χ1) is 15.4. The zero-order chi connectivity index (χ0) is 22.6. The van der Waals surface area contributed by atoms with Gasteiger partial charge in [0.1, 0.15) is 0 Å². The van der Waals surface area contributed by atoms with Crippen molar-refractivity contribution in [2.24, 2.45) is 23.7 Å². The van der Waals surface area contributed by atoms with Crippen molar-refractivity contribution in [3.8, 4) is 0 Å². The molecule has 2 aromatic carbocycles. The van der Waals surface area contributed by atoms with Gasteiger partial charge in [-0.2, -0.15) is 0 Å². The van der Waals surface area contributed by atoms with Crippen molar-refractivity contribution in [3.05, 3.63) is 65.7 Å². The first kappa shape index (κ1) is 21.5. The molecule has 32 heavy (non-hydrogen) atoms. The molecule has 0 unspecified atom stereocenters. The number of halogens is 2. The Balaban J connectivity index is 1.32. The van der Waals surface area contributed by atoms with Crippen LogP contribution in [0.1, 0.15) is 27.1 Å². The van der Waals surface area contributed by atoms with Crippen LogP contribution in [0, 0.1) is 23.7 Å². The lowest BCUT2D eigenvalue weighted by molar-refractivity contribution is -0.123. The number of ketones is 1. The molecule has 0 spiro atoms. The van der Waals surface area contributed by atoms with Gasteiger partial charge in [0.25, 0.3) is 0 Å². The fraction of sp³-hybridized carbons (Fsp3) is 0.333. The lowest BCUT2D eigenvalue weighted by Gasteiger charge is -2.28. The van der Waals surface area contributed by atoms with Crippen LogP contribution in [0.15, 0.2) is 54.6 Å². The summed E-state index contributed by atoms with van der Waals surface area (Å²) in [7, 11) is 0. The first-order valence-electron chi connectivity index (χ1n) is 10.4. The summed E-state index contributed by atoms with van der Waals surface area (Å²) in [5.41, 5.74) is 0.995. The number of imide groups is 1. The standard InChI is InChI=1S/C24H19Br2NO5/c25-20-15-10-16(21(20)26)19-18(15)22(29)27(23(19)30)14-8-4-7-13(9-14)24(31)32-11-17(28)12-5-2-1-3-6-12/h1-9,15-16,18-21H,10-11H2/t15-,16-,18-,19-,20-,21+/m0/s1. The Kier molecular flexibility index (Phi) is 5.53. The van der Waals surface area contributed by atoms with Crippen LogP contribution in [0.4, 0.5) is 5.69 Å². The van der Waals surface area contributed by atoms with Gasteiger partial charge in [-0.15, -0.1) is 0 Å². The summed E-state index contributed by atoms with van der Waals surface area (Å²) in [6, 6.07) is 14.8. The molecule has 0 radical (unpaired) electrons. The maximum absolute atomic E-state index is 13.2. The van der Waals surface area contributed by atoms with Crippen LogP contribution in [0.25, 0.3) is 0 Å². The van der Waals surface area contributed by atoms with E-state index in [1.54, 1.807) is 42.5 Å². The van der Waals surface area contributed by atoms with Gasteiger partial charge < -0.3 is 4.74 Å². The van der Waals surface area contributed by atoms with Crippen LogP contribution in [0.2, 0.25) is 0 Å². The van der Waals surface area contributed by atoms with Crippen molar-refractivity contribution in [1.29, 1.82) is 0 Å². The topological polar surface area (TPSA) is 80.8 Å². The molecule has 164 valence electrons. The van der Waals surface area contributed by atoms with E-state index >= 15 is 0 Å². The van der Waals surface area contributed by atoms with Gasteiger partial charge in [0.15, 0.2) is 12.4 Å². The monoisotopic (exact) mass is 559 g/mol. The second-order valence-electron chi connectivity index (χ2n) is 8.43. The van der Waals surface area contributed by atoms with E-state index in [0.717, 1.165) is 6.42 Å². The Hall–Kier alpha value is -2.32. The maximum Gasteiger partial charge on any atom is 0.338 e. The first-order valence-corrected chi connectivity index (χ1v) is 12.2. The molecule has 2 aromatic rings. The van der Waals surface area contributed by atoms with E-state index in [9.17, 15) is 19.2 Å². The van der Waals surface area contributed by atoms with E-state index in [2.05, 4.69) is 31.9 Å². The molecule has 8 heteroatoms. The number of esters is 1. The van der Waals surface area contributed by atoms with Crippen LogP contribution in [-0.2, 0) is 14.3 Å². The van der Waals surface area contributed by atoms with Crippen LogP contribution in [0.3, 0.4) is 0 Å². The highest BCUT2D eigenvalue weighted by Gasteiger charge is 2.66. The molecule has 1 heterocycles. The molecular formula is C24H19Br2NO5. The molecule has 0 aromatic heterocycles. The number of carbonyl (C=O) groups is 4. The number of nitrogens with zero attached hydrogens (tertiary/aromatic N) is 1. The van der Waals surface area contributed by atoms with E-state index in [-0.39, 0.29) is 63.1 Å². The number of benzene rings is 2. The summed E-state index contributed by atoms with van der Waals surface area (Å²) in [6.45, 7) is -0.387. The third kappa shape index (κ3) is 3.35. The summed E-state index contributed by atoms with van der Waals surface area (Å²) in [4.78, 5) is 52.7. The molecule has 3 aliphatic rings. The molecule has 2 bridgehead atoms. The SMILES string of the molecule is O=C(COC(=O)c1cccc(N2C(=O)[C@H]3[C@@H]4C[C@H]([C@@H](Br)[C@H]4Br)[C@@H]3C2=O)c1)c1ccccc1. The molecule has 1 aliphatic heterocycles. The molecule has 0 N–H and O–H groups in total. The molecule has 1 saturated heterocycles. The Morgan fingerprint density at radius 1 is 0.875 bits per heavy atom. The zero-order valence-electron chi connectivity index (χ0n) is 16.8. The number of hydrogen-bond acceptors (Lipinski definition) is 5. The molecular weight excluding hydrogens is 542 g/mol. The smallest absolute Gasteiger partial charge is 0.338 e. The molecule has 6 nitrogen and oxygen atoms in total. The fourth-order valence-electron chi connectivity index (χ4n) is 5.30. The molecule has 2 saturated carbocycles. The Bertz CT molecular complexity index is 1090. The van der Waals surface area contributed by atoms with Gasteiger partial charge in [-0.3, -0.25) is 19.3 Å². The summed E-state index contributed by atoms with van der Waals surface area (Å²) < 4.78 is 5.17. The second kappa shape index (κ2) is 8.23. The third-order valence-corrected chi connectivity index (χ3v) is 9.96. The average Bonchev–Trinajstić information content (AvgIpc) is 3.42. The molecule has 2 aliphatic carbocycles. The van der Waals surface area contributed by atoms with Gasteiger partial charge in [0.05, 0.1) is 23.1 Å². The minimum Gasteiger partial charge on any atom is -0.454 e. The highest BCUT2D eigenvalue weighted by molar-refractivity contribution is 9.12. The average molecular weight is 561 g/mol.